The number of rotatable bonds is 2. The van der Waals surface area contributed by atoms with Gasteiger partial charge in [0.05, 0.1) is 0 Å². The van der Waals surface area contributed by atoms with E-state index < -0.39 is 0 Å². The summed E-state index contributed by atoms with van der Waals surface area (Å²) >= 11 is 6.63. The normalized spacial score (nSPS) is 31.5. The number of alkyl halides is 1. The average molecular weight is 277 g/mol. The Balaban J connectivity index is 1.73. The third-order valence-corrected chi connectivity index (χ3v) is 5.72. The van der Waals surface area contributed by atoms with Gasteiger partial charge in [-0.25, -0.2) is 0 Å². The number of aryl methyl sites for hydroxylation is 1. The summed E-state index contributed by atoms with van der Waals surface area (Å²) in [4.78, 5) is 0. The van der Waals surface area contributed by atoms with Crippen molar-refractivity contribution in [3.05, 3.63) is 35.4 Å². The van der Waals surface area contributed by atoms with Crippen LogP contribution < -0.4 is 0 Å². The SMILES string of the molecule is ClC1CCCCCC1CC1CCCc2ccccc21. The zero-order valence-electron chi connectivity index (χ0n) is 11.8. The third-order valence-electron chi connectivity index (χ3n) is 5.15. The molecule has 1 saturated carbocycles. The van der Waals surface area contributed by atoms with Crippen molar-refractivity contribution in [2.75, 3.05) is 0 Å². The zero-order valence-corrected chi connectivity index (χ0v) is 12.5. The second-order valence-electron chi connectivity index (χ2n) is 6.44. The van der Waals surface area contributed by atoms with Crippen LogP contribution in [0.4, 0.5) is 0 Å². The van der Waals surface area contributed by atoms with Crippen LogP contribution in [0.5, 0.6) is 0 Å². The van der Waals surface area contributed by atoms with E-state index in [0.29, 0.717) is 5.38 Å². The van der Waals surface area contributed by atoms with Crippen molar-refractivity contribution in [2.24, 2.45) is 5.92 Å². The van der Waals surface area contributed by atoms with Crippen molar-refractivity contribution in [3.8, 4) is 0 Å². The van der Waals surface area contributed by atoms with Crippen LogP contribution in [-0.2, 0) is 6.42 Å². The average Bonchev–Trinajstić information content (AvgIpc) is 2.65. The molecule has 0 aliphatic heterocycles. The van der Waals surface area contributed by atoms with Gasteiger partial charge < -0.3 is 0 Å². The van der Waals surface area contributed by atoms with Crippen molar-refractivity contribution in [3.63, 3.8) is 0 Å². The lowest BCUT2D eigenvalue weighted by atomic mass is 9.77. The Labute approximate surface area is 122 Å². The third kappa shape index (κ3) is 3.16. The largest absolute Gasteiger partial charge is 0.123 e. The van der Waals surface area contributed by atoms with E-state index in [9.17, 15) is 0 Å². The molecule has 0 N–H and O–H groups in total. The molecule has 0 bridgehead atoms. The Morgan fingerprint density at radius 3 is 2.74 bits per heavy atom. The highest BCUT2D eigenvalue weighted by atomic mass is 35.5. The predicted molar refractivity (Wildman–Crippen MR) is 83.0 cm³/mol. The van der Waals surface area contributed by atoms with Crippen molar-refractivity contribution >= 4 is 11.6 Å². The van der Waals surface area contributed by atoms with E-state index in [0.717, 1.165) is 11.8 Å². The van der Waals surface area contributed by atoms with E-state index >= 15 is 0 Å². The molecule has 19 heavy (non-hydrogen) atoms. The van der Waals surface area contributed by atoms with Gasteiger partial charge in [-0.05, 0) is 61.5 Å². The molecule has 2 aliphatic carbocycles. The lowest BCUT2D eigenvalue weighted by molar-refractivity contribution is 0.371. The molecule has 1 aromatic rings. The number of halogens is 1. The van der Waals surface area contributed by atoms with Gasteiger partial charge in [-0.1, -0.05) is 43.5 Å². The van der Waals surface area contributed by atoms with Crippen LogP contribution in [0.15, 0.2) is 24.3 Å². The molecule has 3 atom stereocenters. The molecule has 0 heterocycles. The van der Waals surface area contributed by atoms with Gasteiger partial charge in [0.1, 0.15) is 0 Å². The molecule has 2 aliphatic rings. The van der Waals surface area contributed by atoms with E-state index in [1.807, 2.05) is 0 Å². The van der Waals surface area contributed by atoms with Crippen LogP contribution in [0.3, 0.4) is 0 Å². The molecule has 1 fully saturated rings. The highest BCUT2D eigenvalue weighted by Gasteiger charge is 2.27. The monoisotopic (exact) mass is 276 g/mol. The van der Waals surface area contributed by atoms with E-state index in [-0.39, 0.29) is 0 Å². The first-order valence-corrected chi connectivity index (χ1v) is 8.50. The Bertz CT molecular complexity index is 412. The fraction of sp³-hybridized carbons (Fsp3) is 0.667. The smallest absolute Gasteiger partial charge is 0.0364 e. The second kappa shape index (κ2) is 6.31. The minimum atomic E-state index is 0.427. The van der Waals surface area contributed by atoms with Crippen LogP contribution in [0.25, 0.3) is 0 Å². The molecule has 0 spiro atoms. The molecule has 1 aromatic carbocycles. The molecular formula is C18H25Cl. The highest BCUT2D eigenvalue weighted by molar-refractivity contribution is 6.20. The molecule has 0 aromatic heterocycles. The summed E-state index contributed by atoms with van der Waals surface area (Å²) in [5.41, 5.74) is 3.22. The van der Waals surface area contributed by atoms with Gasteiger partial charge in [0, 0.05) is 5.38 Å². The fourth-order valence-electron chi connectivity index (χ4n) is 4.07. The van der Waals surface area contributed by atoms with Crippen LogP contribution in [0, 0.1) is 5.92 Å². The van der Waals surface area contributed by atoms with E-state index in [2.05, 4.69) is 24.3 Å². The van der Waals surface area contributed by atoms with E-state index in [1.165, 1.54) is 57.8 Å². The first-order chi connectivity index (χ1) is 9.34. The summed E-state index contributed by atoms with van der Waals surface area (Å²) in [6.45, 7) is 0. The van der Waals surface area contributed by atoms with Crippen molar-refractivity contribution in [2.45, 2.75) is 69.1 Å². The van der Waals surface area contributed by atoms with Gasteiger partial charge in [-0.15, -0.1) is 11.6 Å². The Hall–Kier alpha value is -0.490. The van der Waals surface area contributed by atoms with Gasteiger partial charge in [-0.3, -0.25) is 0 Å². The van der Waals surface area contributed by atoms with Gasteiger partial charge >= 0.3 is 0 Å². The fourth-order valence-corrected chi connectivity index (χ4v) is 4.45. The van der Waals surface area contributed by atoms with Crippen LogP contribution in [-0.4, -0.2) is 5.38 Å². The molecule has 3 rings (SSSR count). The molecule has 0 saturated heterocycles. The Morgan fingerprint density at radius 1 is 0.947 bits per heavy atom. The van der Waals surface area contributed by atoms with Crippen LogP contribution in [0.1, 0.15) is 68.4 Å². The van der Waals surface area contributed by atoms with Gasteiger partial charge in [0.25, 0.3) is 0 Å². The quantitative estimate of drug-likeness (QED) is 0.481. The van der Waals surface area contributed by atoms with Crippen LogP contribution in [0.2, 0.25) is 0 Å². The van der Waals surface area contributed by atoms with Gasteiger partial charge in [0.2, 0.25) is 0 Å². The van der Waals surface area contributed by atoms with E-state index in [4.69, 9.17) is 11.6 Å². The number of hydrogen-bond donors (Lipinski definition) is 0. The molecule has 3 unspecified atom stereocenters. The van der Waals surface area contributed by atoms with Crippen molar-refractivity contribution < 1.29 is 0 Å². The molecule has 104 valence electrons. The summed E-state index contributed by atoms with van der Waals surface area (Å²) in [6.07, 6.45) is 12.0. The minimum absolute atomic E-state index is 0.427. The number of benzene rings is 1. The summed E-state index contributed by atoms with van der Waals surface area (Å²) in [5, 5.41) is 0.427. The van der Waals surface area contributed by atoms with Gasteiger partial charge in [0.15, 0.2) is 0 Å². The topological polar surface area (TPSA) is 0 Å². The van der Waals surface area contributed by atoms with Crippen molar-refractivity contribution in [1.29, 1.82) is 0 Å². The van der Waals surface area contributed by atoms with Crippen molar-refractivity contribution in [1.82, 2.24) is 0 Å². The minimum Gasteiger partial charge on any atom is -0.123 e. The maximum absolute atomic E-state index is 6.63. The lowest BCUT2D eigenvalue weighted by Crippen LogP contribution is -2.19. The maximum Gasteiger partial charge on any atom is 0.0364 e. The standard InChI is InChI=1S/C18H25Cl/c19-18-12-3-1-2-8-16(18)13-15-10-6-9-14-7-4-5-11-17(14)15/h4-5,7,11,15-16,18H,1-3,6,8-10,12-13H2. The number of hydrogen-bond acceptors (Lipinski definition) is 0. The maximum atomic E-state index is 6.63. The first kappa shape index (κ1) is 13.5. The summed E-state index contributed by atoms with van der Waals surface area (Å²) in [5.74, 6) is 1.52. The van der Waals surface area contributed by atoms with E-state index in [1.54, 1.807) is 11.1 Å². The second-order valence-corrected chi connectivity index (χ2v) is 7.00. The molecule has 0 amide bonds. The molecule has 1 heteroatoms. The Kier molecular flexibility index (Phi) is 4.48. The highest BCUT2D eigenvalue weighted by Crippen LogP contribution is 2.40. The first-order valence-electron chi connectivity index (χ1n) is 8.06. The summed E-state index contributed by atoms with van der Waals surface area (Å²) in [6, 6.07) is 9.09. The molecular weight excluding hydrogens is 252 g/mol. The zero-order chi connectivity index (χ0) is 13.1. The van der Waals surface area contributed by atoms with Gasteiger partial charge in [-0.2, -0.15) is 0 Å². The summed E-state index contributed by atoms with van der Waals surface area (Å²) < 4.78 is 0. The molecule has 0 nitrogen and oxygen atoms in total. The predicted octanol–water partition coefficient (Wildman–Crippen LogP) is 5.68. The van der Waals surface area contributed by atoms with Crippen LogP contribution >= 0.6 is 11.6 Å². The number of fused-ring (bicyclic) bond motifs is 1. The summed E-state index contributed by atoms with van der Waals surface area (Å²) in [7, 11) is 0. The lowest BCUT2D eigenvalue weighted by Gasteiger charge is -2.30. The molecule has 0 radical (unpaired) electrons. The Morgan fingerprint density at radius 2 is 1.79 bits per heavy atom.